The lowest BCUT2D eigenvalue weighted by Crippen LogP contribution is -2.42. The molecular formula is C24H23FN2O5. The third-order valence-electron chi connectivity index (χ3n) is 5.80. The van der Waals surface area contributed by atoms with Gasteiger partial charge in [0.05, 0.1) is 23.7 Å². The number of carbonyl (C=O) groups excluding carboxylic acids is 4. The van der Waals surface area contributed by atoms with Gasteiger partial charge >= 0.3 is 5.97 Å². The molecule has 1 N–H and O–H groups in total. The largest absolute Gasteiger partial charge is 0.454 e. The van der Waals surface area contributed by atoms with Crippen LogP contribution in [0.3, 0.4) is 0 Å². The molecule has 1 saturated heterocycles. The zero-order valence-electron chi connectivity index (χ0n) is 17.4. The van der Waals surface area contributed by atoms with Crippen molar-refractivity contribution in [2.24, 2.45) is 0 Å². The third-order valence-corrected chi connectivity index (χ3v) is 5.80. The highest BCUT2D eigenvalue weighted by Gasteiger charge is 2.40. The van der Waals surface area contributed by atoms with Gasteiger partial charge in [-0.2, -0.15) is 0 Å². The molecule has 166 valence electrons. The van der Waals surface area contributed by atoms with Gasteiger partial charge in [0.1, 0.15) is 5.82 Å². The molecule has 4 rings (SSSR count). The fraction of sp³-hybridized carbons (Fsp3) is 0.333. The second kappa shape index (κ2) is 9.40. The quantitative estimate of drug-likeness (QED) is 0.406. The minimum atomic E-state index is -0.716. The number of Topliss-reactive ketones (excluding diaryl/α,β-unsaturated/α-hetero) is 1. The van der Waals surface area contributed by atoms with Gasteiger partial charge in [0.25, 0.3) is 5.91 Å². The van der Waals surface area contributed by atoms with Crippen molar-refractivity contribution in [3.05, 3.63) is 65.5 Å². The van der Waals surface area contributed by atoms with Crippen LogP contribution in [0.5, 0.6) is 0 Å². The Morgan fingerprint density at radius 2 is 1.59 bits per heavy atom. The fourth-order valence-electron chi connectivity index (χ4n) is 4.09. The fourth-order valence-corrected chi connectivity index (χ4v) is 4.09. The molecule has 0 spiro atoms. The van der Waals surface area contributed by atoms with Crippen molar-refractivity contribution >= 4 is 29.3 Å². The van der Waals surface area contributed by atoms with Crippen LogP contribution in [0.25, 0.3) is 0 Å². The number of rotatable bonds is 7. The van der Waals surface area contributed by atoms with Crippen molar-refractivity contribution in [2.75, 3.05) is 11.5 Å². The lowest BCUT2D eigenvalue weighted by atomic mass is 10.1. The summed E-state index contributed by atoms with van der Waals surface area (Å²) >= 11 is 0. The maximum atomic E-state index is 12.9. The summed E-state index contributed by atoms with van der Waals surface area (Å²) < 4.78 is 18.0. The summed E-state index contributed by atoms with van der Waals surface area (Å²) in [6.45, 7) is -0.482. The van der Waals surface area contributed by atoms with E-state index in [4.69, 9.17) is 4.74 Å². The van der Waals surface area contributed by atoms with E-state index in [0.717, 1.165) is 42.7 Å². The lowest BCUT2D eigenvalue weighted by Gasteiger charge is -2.18. The van der Waals surface area contributed by atoms with E-state index >= 15 is 0 Å². The van der Waals surface area contributed by atoms with Gasteiger partial charge < -0.3 is 10.1 Å². The number of imide groups is 1. The number of carbonyl (C=O) groups is 4. The molecule has 0 aromatic heterocycles. The van der Waals surface area contributed by atoms with Crippen LogP contribution in [0.1, 0.15) is 52.8 Å². The van der Waals surface area contributed by atoms with Gasteiger partial charge in [-0.05, 0) is 61.4 Å². The third kappa shape index (κ3) is 4.75. The van der Waals surface area contributed by atoms with E-state index in [1.165, 1.54) is 36.4 Å². The van der Waals surface area contributed by atoms with Gasteiger partial charge in [-0.25, -0.2) is 14.1 Å². The van der Waals surface area contributed by atoms with Crippen molar-refractivity contribution < 1.29 is 28.3 Å². The first-order valence-corrected chi connectivity index (χ1v) is 10.6. The molecule has 1 heterocycles. The number of halogens is 1. The van der Waals surface area contributed by atoms with Crippen LogP contribution in [0.2, 0.25) is 0 Å². The minimum absolute atomic E-state index is 0.116. The van der Waals surface area contributed by atoms with E-state index in [1.807, 2.05) is 0 Å². The molecule has 2 aromatic carbocycles. The number of hydrogen-bond donors (Lipinski definition) is 1. The molecule has 1 unspecified atom stereocenters. The molecule has 2 aliphatic rings. The average molecular weight is 438 g/mol. The summed E-state index contributed by atoms with van der Waals surface area (Å²) in [6.07, 6.45) is 4.40. The van der Waals surface area contributed by atoms with E-state index in [-0.39, 0.29) is 35.4 Å². The number of benzene rings is 2. The Morgan fingerprint density at radius 3 is 2.25 bits per heavy atom. The molecule has 1 saturated carbocycles. The molecule has 32 heavy (non-hydrogen) atoms. The first-order valence-electron chi connectivity index (χ1n) is 10.6. The Morgan fingerprint density at radius 1 is 0.969 bits per heavy atom. The predicted octanol–water partition coefficient (Wildman–Crippen LogP) is 3.03. The van der Waals surface area contributed by atoms with Crippen molar-refractivity contribution in [2.45, 2.75) is 44.2 Å². The minimum Gasteiger partial charge on any atom is -0.454 e. The lowest BCUT2D eigenvalue weighted by molar-refractivity contribution is -0.121. The van der Waals surface area contributed by atoms with E-state index in [1.54, 1.807) is 0 Å². The number of amides is 2. The van der Waals surface area contributed by atoms with Gasteiger partial charge in [-0.15, -0.1) is 0 Å². The first-order chi connectivity index (χ1) is 15.4. The molecule has 1 aliphatic carbocycles. The number of ether oxygens (including phenoxy) is 1. The highest BCUT2D eigenvalue weighted by Crippen LogP contribution is 2.26. The summed E-state index contributed by atoms with van der Waals surface area (Å²) in [4.78, 5) is 50.6. The maximum absolute atomic E-state index is 12.9. The predicted molar refractivity (Wildman–Crippen MR) is 114 cm³/mol. The van der Waals surface area contributed by atoms with Crippen LogP contribution < -0.4 is 10.2 Å². The number of nitrogens with zero attached hydrogens (tertiary/aromatic N) is 1. The van der Waals surface area contributed by atoms with Crippen LogP contribution in [0.4, 0.5) is 10.1 Å². The highest BCUT2D eigenvalue weighted by molar-refractivity contribution is 6.22. The molecule has 7 nitrogen and oxygen atoms in total. The Labute approximate surface area is 184 Å². The Balaban J connectivity index is 1.35. The van der Waals surface area contributed by atoms with Crippen molar-refractivity contribution in [1.29, 1.82) is 0 Å². The van der Waals surface area contributed by atoms with Crippen LogP contribution >= 0.6 is 0 Å². The topological polar surface area (TPSA) is 92.8 Å². The molecule has 8 heteroatoms. The number of nitrogens with one attached hydrogen (secondary N) is 1. The second-order valence-corrected chi connectivity index (χ2v) is 8.03. The van der Waals surface area contributed by atoms with Crippen LogP contribution in [0.15, 0.2) is 48.5 Å². The highest BCUT2D eigenvalue weighted by atomic mass is 19.1. The Kier molecular flexibility index (Phi) is 6.41. The van der Waals surface area contributed by atoms with Crippen molar-refractivity contribution in [3.8, 4) is 0 Å². The van der Waals surface area contributed by atoms with Gasteiger partial charge in [0.2, 0.25) is 5.91 Å². The zero-order valence-corrected chi connectivity index (χ0v) is 17.4. The molecule has 0 radical (unpaired) electrons. The average Bonchev–Trinajstić information content (AvgIpc) is 3.40. The summed E-state index contributed by atoms with van der Waals surface area (Å²) in [5.41, 5.74) is 0.802. The van der Waals surface area contributed by atoms with Gasteiger partial charge in [-0.3, -0.25) is 14.4 Å². The van der Waals surface area contributed by atoms with Crippen LogP contribution in [-0.4, -0.2) is 42.3 Å². The van der Waals surface area contributed by atoms with Crippen LogP contribution in [-0.2, 0) is 14.3 Å². The number of esters is 1. The second-order valence-electron chi connectivity index (χ2n) is 8.03. The van der Waals surface area contributed by atoms with Gasteiger partial charge in [0.15, 0.2) is 12.4 Å². The van der Waals surface area contributed by atoms with Crippen molar-refractivity contribution in [3.63, 3.8) is 0 Å². The van der Waals surface area contributed by atoms with E-state index < -0.39 is 30.2 Å². The monoisotopic (exact) mass is 438 g/mol. The summed E-state index contributed by atoms with van der Waals surface area (Å²) in [7, 11) is 0. The summed E-state index contributed by atoms with van der Waals surface area (Å²) in [5, 5.41) is 3.29. The summed E-state index contributed by atoms with van der Waals surface area (Å²) in [6, 6.07) is 10.6. The van der Waals surface area contributed by atoms with Gasteiger partial charge in [0, 0.05) is 11.6 Å². The number of hydrogen-bond acceptors (Lipinski definition) is 6. The van der Waals surface area contributed by atoms with E-state index in [2.05, 4.69) is 5.32 Å². The number of anilines is 1. The first kappa shape index (κ1) is 21.8. The Hall–Kier alpha value is -3.39. The SMILES string of the molecule is O=C(COC(=O)c1ccc(N2C(=O)CC(NC3CCCC3)C2=O)cc1)c1ccc(F)cc1. The Bertz CT molecular complexity index is 1030. The molecule has 1 atom stereocenters. The number of ketones is 1. The van der Waals surface area contributed by atoms with E-state index in [0.29, 0.717) is 5.69 Å². The normalized spacial score (nSPS) is 18.9. The van der Waals surface area contributed by atoms with Crippen LogP contribution in [0, 0.1) is 5.82 Å². The molecule has 2 fully saturated rings. The zero-order chi connectivity index (χ0) is 22.7. The maximum Gasteiger partial charge on any atom is 0.338 e. The molecule has 1 aliphatic heterocycles. The summed E-state index contributed by atoms with van der Waals surface area (Å²) in [5.74, 6) is -2.21. The smallest absolute Gasteiger partial charge is 0.338 e. The van der Waals surface area contributed by atoms with Crippen molar-refractivity contribution in [1.82, 2.24) is 5.32 Å². The molecule has 2 aromatic rings. The molecule has 2 amide bonds. The molecular weight excluding hydrogens is 415 g/mol. The molecule has 0 bridgehead atoms. The standard InChI is InChI=1S/C24H23FN2O5/c25-17-9-5-15(6-10-17)21(28)14-32-24(31)16-7-11-19(12-8-16)27-22(29)13-20(23(27)30)26-18-3-1-2-4-18/h5-12,18,20,26H,1-4,13-14H2. The van der Waals surface area contributed by atoms with E-state index in [9.17, 15) is 23.6 Å². The van der Waals surface area contributed by atoms with Gasteiger partial charge in [-0.1, -0.05) is 12.8 Å².